The van der Waals surface area contributed by atoms with Gasteiger partial charge < -0.3 is 10.5 Å². The average Bonchev–Trinajstić information content (AvgIpc) is 2.81. The molecule has 1 aromatic carbocycles. The Morgan fingerprint density at radius 1 is 1.48 bits per heavy atom. The van der Waals surface area contributed by atoms with Gasteiger partial charge in [-0.1, -0.05) is 17.9 Å². The summed E-state index contributed by atoms with van der Waals surface area (Å²) in [4.78, 5) is 0.188. The van der Waals surface area contributed by atoms with Gasteiger partial charge in [0.2, 0.25) is 10.0 Å². The van der Waals surface area contributed by atoms with Crippen molar-refractivity contribution in [2.45, 2.75) is 37.3 Å². The van der Waals surface area contributed by atoms with Crippen LogP contribution in [0.2, 0.25) is 0 Å². The zero-order valence-electron chi connectivity index (χ0n) is 12.2. The third-order valence-electron chi connectivity index (χ3n) is 3.43. The maximum absolute atomic E-state index is 12.6. The Labute approximate surface area is 125 Å². The molecule has 2 atom stereocenters. The van der Waals surface area contributed by atoms with Gasteiger partial charge >= 0.3 is 0 Å². The lowest BCUT2D eigenvalue weighted by Crippen LogP contribution is -2.39. The summed E-state index contributed by atoms with van der Waals surface area (Å²) in [7, 11) is -3.63. The van der Waals surface area contributed by atoms with Crippen LogP contribution in [-0.4, -0.2) is 33.7 Å². The van der Waals surface area contributed by atoms with E-state index in [0.29, 0.717) is 18.6 Å². The van der Waals surface area contributed by atoms with Crippen molar-refractivity contribution < 1.29 is 13.2 Å². The Morgan fingerprint density at radius 3 is 2.86 bits per heavy atom. The van der Waals surface area contributed by atoms with Gasteiger partial charge in [-0.05, 0) is 38.0 Å². The topological polar surface area (TPSA) is 81.4 Å². The van der Waals surface area contributed by atoms with E-state index in [1.165, 1.54) is 0 Å². The molecule has 21 heavy (non-hydrogen) atoms. The summed E-state index contributed by atoms with van der Waals surface area (Å²) >= 11 is 0. The second-order valence-corrected chi connectivity index (χ2v) is 6.78. The number of hydrogen-bond acceptors (Lipinski definition) is 4. The van der Waals surface area contributed by atoms with Crippen molar-refractivity contribution in [2.75, 3.05) is 13.2 Å². The molecular formula is C15H20N2O3S. The summed E-state index contributed by atoms with van der Waals surface area (Å²) in [6, 6.07) is 4.90. The first-order valence-corrected chi connectivity index (χ1v) is 8.36. The predicted octanol–water partition coefficient (Wildman–Crippen LogP) is 0.761. The predicted molar refractivity (Wildman–Crippen MR) is 81.3 cm³/mol. The Bertz CT molecular complexity index is 674. The van der Waals surface area contributed by atoms with Gasteiger partial charge in [-0.15, -0.1) is 0 Å². The molecule has 114 valence electrons. The van der Waals surface area contributed by atoms with Crippen LogP contribution in [0.15, 0.2) is 23.1 Å². The van der Waals surface area contributed by atoms with E-state index >= 15 is 0 Å². The van der Waals surface area contributed by atoms with Crippen molar-refractivity contribution in [1.29, 1.82) is 0 Å². The number of sulfonamides is 1. The molecule has 1 aliphatic heterocycles. The lowest BCUT2D eigenvalue weighted by atomic mass is 10.1. The number of aryl methyl sites for hydroxylation is 1. The van der Waals surface area contributed by atoms with Crippen LogP contribution in [0.1, 0.15) is 24.5 Å². The van der Waals surface area contributed by atoms with E-state index in [1.807, 2.05) is 13.8 Å². The number of nitrogens with two attached hydrogens (primary N) is 1. The maximum Gasteiger partial charge on any atom is 0.242 e. The number of rotatable bonds is 3. The van der Waals surface area contributed by atoms with E-state index < -0.39 is 10.0 Å². The van der Waals surface area contributed by atoms with Gasteiger partial charge in [-0.25, -0.2) is 13.1 Å². The average molecular weight is 308 g/mol. The highest BCUT2D eigenvalue weighted by Crippen LogP contribution is 2.20. The lowest BCUT2D eigenvalue weighted by Gasteiger charge is -2.17. The molecule has 2 rings (SSSR count). The van der Waals surface area contributed by atoms with Crippen molar-refractivity contribution >= 4 is 10.0 Å². The third kappa shape index (κ3) is 3.83. The molecule has 1 fully saturated rings. The van der Waals surface area contributed by atoms with Gasteiger partial charge in [0, 0.05) is 12.2 Å². The SMILES string of the molecule is Cc1ccc(S(=O)(=O)NC2CCOC2C)c(C#CCN)c1. The molecule has 0 saturated carbocycles. The molecule has 6 heteroatoms. The molecule has 5 nitrogen and oxygen atoms in total. The molecule has 0 aliphatic carbocycles. The van der Waals surface area contributed by atoms with Gasteiger partial charge in [0.05, 0.1) is 23.6 Å². The van der Waals surface area contributed by atoms with Gasteiger partial charge in [-0.2, -0.15) is 0 Å². The number of ether oxygens (including phenoxy) is 1. The van der Waals surface area contributed by atoms with Crippen LogP contribution in [0.3, 0.4) is 0 Å². The molecule has 1 aromatic rings. The second-order valence-electron chi connectivity index (χ2n) is 5.10. The number of hydrogen-bond donors (Lipinski definition) is 2. The van der Waals surface area contributed by atoms with E-state index in [1.54, 1.807) is 18.2 Å². The number of benzene rings is 1. The molecule has 0 radical (unpaired) electrons. The van der Waals surface area contributed by atoms with Crippen molar-refractivity contribution in [2.24, 2.45) is 5.73 Å². The zero-order valence-corrected chi connectivity index (χ0v) is 13.0. The second kappa shape index (κ2) is 6.58. The monoisotopic (exact) mass is 308 g/mol. The van der Waals surface area contributed by atoms with Gasteiger partial charge in [0.25, 0.3) is 0 Å². The highest BCUT2D eigenvalue weighted by Gasteiger charge is 2.30. The molecule has 1 aliphatic rings. The van der Waals surface area contributed by atoms with Crippen LogP contribution in [0, 0.1) is 18.8 Å². The van der Waals surface area contributed by atoms with E-state index in [2.05, 4.69) is 16.6 Å². The first-order valence-electron chi connectivity index (χ1n) is 6.87. The molecule has 0 bridgehead atoms. The highest BCUT2D eigenvalue weighted by molar-refractivity contribution is 7.89. The molecule has 3 N–H and O–H groups in total. The van der Waals surface area contributed by atoms with Crippen molar-refractivity contribution in [3.63, 3.8) is 0 Å². The van der Waals surface area contributed by atoms with Crippen molar-refractivity contribution in [1.82, 2.24) is 4.72 Å². The minimum atomic E-state index is -3.63. The maximum atomic E-state index is 12.6. The Balaban J connectivity index is 2.35. The van der Waals surface area contributed by atoms with E-state index in [4.69, 9.17) is 10.5 Å². The minimum absolute atomic E-state index is 0.121. The van der Waals surface area contributed by atoms with Crippen molar-refractivity contribution in [3.05, 3.63) is 29.3 Å². The van der Waals surface area contributed by atoms with E-state index in [0.717, 1.165) is 5.56 Å². The highest BCUT2D eigenvalue weighted by atomic mass is 32.2. The fourth-order valence-corrected chi connectivity index (χ4v) is 3.75. The Hall–Kier alpha value is -1.39. The van der Waals surface area contributed by atoms with Crippen molar-refractivity contribution in [3.8, 4) is 11.8 Å². The van der Waals surface area contributed by atoms with Gasteiger partial charge in [-0.3, -0.25) is 0 Å². The van der Waals surface area contributed by atoms with Gasteiger partial charge in [0.1, 0.15) is 0 Å². The van der Waals surface area contributed by atoms with E-state index in [-0.39, 0.29) is 23.6 Å². The Morgan fingerprint density at radius 2 is 2.24 bits per heavy atom. The Kier molecular flexibility index (Phi) is 5.01. The molecule has 0 amide bonds. The third-order valence-corrected chi connectivity index (χ3v) is 4.98. The van der Waals surface area contributed by atoms with Crippen LogP contribution in [-0.2, 0) is 14.8 Å². The summed E-state index contributed by atoms with van der Waals surface area (Å²) < 4.78 is 33.2. The largest absolute Gasteiger partial charge is 0.377 e. The number of nitrogens with one attached hydrogen (secondary N) is 1. The molecule has 1 saturated heterocycles. The lowest BCUT2D eigenvalue weighted by molar-refractivity contribution is 0.117. The van der Waals surface area contributed by atoms with Crippen LogP contribution in [0.5, 0.6) is 0 Å². The summed E-state index contributed by atoms with van der Waals surface area (Å²) in [6.07, 6.45) is 0.555. The first-order chi connectivity index (χ1) is 9.94. The molecule has 0 aromatic heterocycles. The van der Waals surface area contributed by atoms with Crippen LogP contribution in [0.4, 0.5) is 0 Å². The molecular weight excluding hydrogens is 288 g/mol. The fraction of sp³-hybridized carbons (Fsp3) is 0.467. The quantitative estimate of drug-likeness (QED) is 0.808. The summed E-state index contributed by atoms with van der Waals surface area (Å²) in [5, 5.41) is 0. The minimum Gasteiger partial charge on any atom is -0.377 e. The summed E-state index contributed by atoms with van der Waals surface area (Å²) in [6.45, 7) is 4.52. The molecule has 1 heterocycles. The van der Waals surface area contributed by atoms with Gasteiger partial charge in [0.15, 0.2) is 0 Å². The standard InChI is InChI=1S/C15H20N2O3S/c1-11-5-6-15(13(10-11)4-3-8-16)21(18,19)17-14-7-9-20-12(14)2/h5-6,10,12,14,17H,7-9,16H2,1-2H3. The zero-order chi connectivity index (χ0) is 15.5. The van der Waals surface area contributed by atoms with Crippen LogP contribution in [0.25, 0.3) is 0 Å². The fourth-order valence-electron chi connectivity index (χ4n) is 2.27. The summed E-state index contributed by atoms with van der Waals surface area (Å²) in [5.74, 6) is 5.54. The summed E-state index contributed by atoms with van der Waals surface area (Å²) in [5.41, 5.74) is 6.79. The van der Waals surface area contributed by atoms with Crippen LogP contribution < -0.4 is 10.5 Å². The first kappa shape index (κ1) is 16.0. The van der Waals surface area contributed by atoms with Crippen LogP contribution >= 0.6 is 0 Å². The van der Waals surface area contributed by atoms with E-state index in [9.17, 15) is 8.42 Å². The molecule has 2 unspecified atom stereocenters. The normalized spacial score (nSPS) is 21.9. The smallest absolute Gasteiger partial charge is 0.242 e. The molecule has 0 spiro atoms.